The van der Waals surface area contributed by atoms with E-state index in [4.69, 9.17) is 78.8 Å². The van der Waals surface area contributed by atoms with E-state index >= 15 is 0 Å². The Morgan fingerprint density at radius 3 is 1.01 bits per heavy atom. The standard InChI is InChI=1S/C48H75N31O3/c1-25(67-71-40(49)50)31-16-32(26(2)68-72-41(51)52)20-37(19-31)64-46(77-75-44(57)58)61-10-7-13-79(15-9-12-63-48(82)66-39-23-35(29(5)80)18-36(24-39)30(6)81)14-8-11-62-47(78-76-45(59)60)65-38-21-33(27(3)69-73-42(53)54)17-34(22-38)28(4)70-74-43(55)56/h16-24H,7-15H2,1-6H3,(H4,49,50,71)(H4,51,52,72)(H4,53,54,73)(H4,55,56,74)(H4,57,58,75)(H4,59,60,76)(H2,61,64,77)(H2,62,65,78)(H2,63,66,82). The van der Waals surface area contributed by atoms with Crippen molar-refractivity contribution in [3.05, 3.63) is 88.0 Å². The Kier molecular flexibility index (Phi) is 26.6. The van der Waals surface area contributed by atoms with Crippen molar-refractivity contribution in [2.45, 2.75) is 60.8 Å². The number of nitrogens with zero attached hydrogens (tertiary/aromatic N) is 13. The largest absolute Gasteiger partial charge is 0.369 e. The van der Waals surface area contributed by atoms with Gasteiger partial charge in [-0.1, -0.05) is 0 Å². The van der Waals surface area contributed by atoms with Crippen LogP contribution in [0.4, 0.5) is 21.9 Å². The molecule has 0 radical (unpaired) electrons. The highest BCUT2D eigenvalue weighted by Crippen LogP contribution is 2.20. The van der Waals surface area contributed by atoms with E-state index in [1.54, 1.807) is 64.1 Å². The third-order valence-electron chi connectivity index (χ3n) is 10.7. The zero-order valence-corrected chi connectivity index (χ0v) is 46.5. The van der Waals surface area contributed by atoms with E-state index < -0.39 is 6.03 Å². The Bertz CT molecular complexity index is 2810. The van der Waals surface area contributed by atoms with Crippen LogP contribution in [-0.4, -0.2) is 132 Å². The summed E-state index contributed by atoms with van der Waals surface area (Å²) in [4.78, 5) is 49.0. The normalized spacial score (nSPS) is 12.0. The molecule has 3 rings (SSSR count). The second-order valence-corrected chi connectivity index (χ2v) is 17.6. The van der Waals surface area contributed by atoms with Gasteiger partial charge in [0, 0.05) is 70.1 Å². The second kappa shape index (κ2) is 33.4. The number of guanidine groups is 8. The second-order valence-electron chi connectivity index (χ2n) is 17.6. The van der Waals surface area contributed by atoms with Gasteiger partial charge < -0.3 is 95.0 Å². The number of nitrogens with two attached hydrogens (primary N) is 12. The lowest BCUT2D eigenvalue weighted by atomic mass is 10.0. The van der Waals surface area contributed by atoms with Crippen LogP contribution in [-0.2, 0) is 0 Å². The van der Waals surface area contributed by atoms with Crippen LogP contribution in [0.1, 0.15) is 104 Å². The summed E-state index contributed by atoms with van der Waals surface area (Å²) in [6.45, 7) is 11.9. The van der Waals surface area contributed by atoms with Crippen molar-refractivity contribution in [2.24, 2.45) is 130 Å². The summed E-state index contributed by atoms with van der Waals surface area (Å²) in [6.07, 6.45) is 1.55. The van der Waals surface area contributed by atoms with Crippen LogP contribution < -0.4 is 101 Å². The van der Waals surface area contributed by atoms with Gasteiger partial charge in [0.1, 0.15) is 0 Å². The number of urea groups is 1. The van der Waals surface area contributed by atoms with Crippen LogP contribution in [0.25, 0.3) is 0 Å². The van der Waals surface area contributed by atoms with E-state index in [1.807, 2.05) is 0 Å². The molecule has 0 heterocycles. The van der Waals surface area contributed by atoms with E-state index in [1.165, 1.54) is 32.0 Å². The van der Waals surface area contributed by atoms with Gasteiger partial charge >= 0.3 is 6.03 Å². The minimum Gasteiger partial charge on any atom is -0.369 e. The van der Waals surface area contributed by atoms with Crippen molar-refractivity contribution in [3.8, 4) is 0 Å². The van der Waals surface area contributed by atoms with Crippen molar-refractivity contribution >= 4 is 105 Å². The lowest BCUT2D eigenvalue weighted by Gasteiger charge is -2.22. The molecule has 34 nitrogen and oxygen atoms in total. The van der Waals surface area contributed by atoms with Crippen molar-refractivity contribution in [1.29, 1.82) is 0 Å². The van der Waals surface area contributed by atoms with Gasteiger partial charge in [0.2, 0.25) is 47.7 Å². The van der Waals surface area contributed by atoms with Crippen LogP contribution in [0.2, 0.25) is 0 Å². The molecular weight excluding hydrogens is 1060 g/mol. The molecule has 0 aromatic heterocycles. The molecule has 0 fully saturated rings. The number of carbonyl (C=O) groups excluding carboxylic acids is 3. The molecule has 0 aliphatic heterocycles. The Balaban J connectivity index is 1.96. The monoisotopic (exact) mass is 1130 g/mol. The summed E-state index contributed by atoms with van der Waals surface area (Å²) in [5.74, 6) is -1.62. The number of hydrazone groups is 2. The van der Waals surface area contributed by atoms with Gasteiger partial charge in [0.05, 0.1) is 22.8 Å². The first-order valence-electron chi connectivity index (χ1n) is 24.9. The van der Waals surface area contributed by atoms with E-state index in [-0.39, 0.29) is 90.0 Å². The van der Waals surface area contributed by atoms with E-state index in [9.17, 15) is 14.4 Å². The van der Waals surface area contributed by atoms with Crippen LogP contribution in [0, 0.1) is 0 Å². The van der Waals surface area contributed by atoms with Crippen molar-refractivity contribution in [3.63, 3.8) is 0 Å². The Labute approximate surface area is 473 Å². The number of hydrogen-bond acceptors (Lipinski definition) is 16. The van der Waals surface area contributed by atoms with Crippen molar-refractivity contribution in [2.75, 3.05) is 55.2 Å². The number of carbonyl (C=O) groups is 3. The first-order chi connectivity index (χ1) is 38.8. The Hall–Kier alpha value is -10.9. The van der Waals surface area contributed by atoms with E-state index in [0.717, 1.165) is 0 Å². The first-order valence-corrected chi connectivity index (χ1v) is 24.9. The van der Waals surface area contributed by atoms with Crippen molar-refractivity contribution in [1.82, 2.24) is 21.1 Å². The molecular formula is C48H75N31O3. The number of hydrogen-bond donors (Lipinski definition) is 18. The summed E-state index contributed by atoms with van der Waals surface area (Å²) in [6, 6.07) is 14.6. The van der Waals surface area contributed by atoms with E-state index in [2.05, 4.69) is 88.0 Å². The molecule has 82 heavy (non-hydrogen) atoms. The topological polar surface area (TPSA) is 587 Å². The fourth-order valence-corrected chi connectivity index (χ4v) is 6.80. The summed E-state index contributed by atoms with van der Waals surface area (Å²) < 4.78 is 0. The highest BCUT2D eigenvalue weighted by Gasteiger charge is 2.14. The number of nitrogens with one attached hydrogen (secondary N) is 6. The molecule has 2 amide bonds. The van der Waals surface area contributed by atoms with Gasteiger partial charge in [0.25, 0.3) is 0 Å². The number of aliphatic imine (C=N–C) groups is 2. The Morgan fingerprint density at radius 2 is 0.695 bits per heavy atom. The molecule has 0 aliphatic carbocycles. The smallest absolute Gasteiger partial charge is 0.319 e. The number of ketones is 2. The lowest BCUT2D eigenvalue weighted by Crippen LogP contribution is -2.34. The molecule has 0 bridgehead atoms. The maximum absolute atomic E-state index is 13.1. The molecule has 34 heteroatoms. The van der Waals surface area contributed by atoms with Crippen LogP contribution in [0.3, 0.4) is 0 Å². The minimum absolute atomic E-state index is 0.174. The van der Waals surface area contributed by atoms with Gasteiger partial charge in [-0.3, -0.25) is 19.6 Å². The molecule has 30 N–H and O–H groups in total. The lowest BCUT2D eigenvalue weighted by molar-refractivity contribution is 0.101. The van der Waals surface area contributed by atoms with Gasteiger partial charge in [-0.25, -0.2) is 15.6 Å². The van der Waals surface area contributed by atoms with E-state index in [0.29, 0.717) is 101 Å². The fraction of sp³-hybridized carbons (Fsp3) is 0.312. The number of Topliss-reactive ketones (excluding diaryl/α,β-unsaturated/α-hetero) is 2. The molecule has 3 aromatic carbocycles. The summed E-state index contributed by atoms with van der Waals surface area (Å²) in [5, 5.41) is 51.4. The van der Waals surface area contributed by atoms with Gasteiger partial charge in [-0.05, 0) is 135 Å². The molecule has 0 saturated heterocycles. The molecule has 3 aromatic rings. The van der Waals surface area contributed by atoms with Crippen LogP contribution in [0.5, 0.6) is 0 Å². The maximum atomic E-state index is 13.1. The highest BCUT2D eigenvalue weighted by atomic mass is 16.2. The molecule has 0 aliphatic rings. The molecule has 0 unspecified atom stereocenters. The van der Waals surface area contributed by atoms with Crippen LogP contribution in [0.15, 0.2) is 116 Å². The van der Waals surface area contributed by atoms with Gasteiger partial charge in [-0.15, -0.1) is 30.6 Å². The third-order valence-corrected chi connectivity index (χ3v) is 10.7. The summed E-state index contributed by atoms with van der Waals surface area (Å²) >= 11 is 0. The first kappa shape index (κ1) is 65.4. The zero-order valence-electron chi connectivity index (χ0n) is 46.5. The quantitative estimate of drug-likeness (QED) is 0.0131. The summed E-state index contributed by atoms with van der Waals surface area (Å²) in [5.41, 5.74) is 78.6. The van der Waals surface area contributed by atoms with Crippen LogP contribution >= 0.6 is 0 Å². The Morgan fingerprint density at radius 1 is 0.390 bits per heavy atom. The molecule has 440 valence electrons. The van der Waals surface area contributed by atoms with Gasteiger partial charge in [-0.2, -0.15) is 20.4 Å². The average molecular weight is 1130 g/mol. The maximum Gasteiger partial charge on any atom is 0.319 e. The number of anilines is 3. The fourth-order valence-electron chi connectivity index (χ4n) is 6.80. The van der Waals surface area contributed by atoms with Crippen molar-refractivity contribution < 1.29 is 14.4 Å². The SMILES string of the molecule is CC(=O)c1cc(NC(=O)NCCCN(CCCN=C(NN=C(N)N)Nc2cc(C(C)=NN=C(N)N)cc(C(C)=NN=C(N)N)c2)CCCN=C(NN=C(N)N)Nc2cc(C(C)=NN=C(N)N)cc(C(C)=NN=C(N)N)c2)cc(C(C)=O)c1. The predicted molar refractivity (Wildman–Crippen MR) is 328 cm³/mol. The minimum atomic E-state index is -0.526. The molecule has 0 saturated carbocycles. The molecule has 0 spiro atoms. The number of rotatable bonds is 27. The summed E-state index contributed by atoms with van der Waals surface area (Å²) in [7, 11) is 0. The third kappa shape index (κ3) is 25.5. The zero-order chi connectivity index (χ0) is 60.9. The highest BCUT2D eigenvalue weighted by molar-refractivity contribution is 6.08. The van der Waals surface area contributed by atoms with Gasteiger partial charge in [0.15, 0.2) is 11.6 Å². The predicted octanol–water partition coefficient (Wildman–Crippen LogP) is -1.83. The molecule has 0 atom stereocenters. The number of benzene rings is 3. The number of amides is 2. The average Bonchev–Trinajstić information content (AvgIpc) is 3.48.